The topological polar surface area (TPSA) is 146 Å². The van der Waals surface area contributed by atoms with Gasteiger partial charge in [0.05, 0.1) is 42.2 Å². The molecule has 0 radical (unpaired) electrons. The van der Waals surface area contributed by atoms with E-state index in [1.54, 1.807) is 11.5 Å². The van der Waals surface area contributed by atoms with Crippen molar-refractivity contribution >= 4 is 33.7 Å². The van der Waals surface area contributed by atoms with Crippen LogP contribution in [-0.4, -0.2) is 40.0 Å². The lowest BCUT2D eigenvalue weighted by molar-refractivity contribution is -0.121. The van der Waals surface area contributed by atoms with Gasteiger partial charge < -0.3 is 30.2 Å². The van der Waals surface area contributed by atoms with Crippen molar-refractivity contribution in [1.82, 2.24) is 14.9 Å². The van der Waals surface area contributed by atoms with Crippen LogP contribution in [0.4, 0.5) is 4.79 Å². The number of amides is 1. The third-order valence-electron chi connectivity index (χ3n) is 7.21. The van der Waals surface area contributed by atoms with Crippen molar-refractivity contribution in [2.75, 3.05) is 13.3 Å². The number of nitrogens with two attached hydrogens (primary N) is 1. The smallest absolute Gasteiger partial charge is 0.450 e. The zero-order valence-corrected chi connectivity index (χ0v) is 22.7. The number of carboxylic acid groups (broad SMARTS) is 1. The highest BCUT2D eigenvalue weighted by Gasteiger charge is 2.28. The van der Waals surface area contributed by atoms with E-state index in [9.17, 15) is 14.4 Å². The second-order valence-corrected chi connectivity index (χ2v) is 10.5. The molecule has 0 saturated carbocycles. The Balaban J connectivity index is 1.62. The molecule has 10 nitrogen and oxygen atoms in total. The average molecular weight is 545 g/mol. The van der Waals surface area contributed by atoms with Crippen LogP contribution < -0.4 is 16.6 Å². The lowest BCUT2D eigenvalue weighted by atomic mass is 9.90. The van der Waals surface area contributed by atoms with Crippen molar-refractivity contribution in [3.05, 3.63) is 74.6 Å². The Labute approximate surface area is 230 Å². The van der Waals surface area contributed by atoms with Gasteiger partial charge in [0, 0.05) is 10.9 Å². The number of aromatic nitrogens is 2. The monoisotopic (exact) mass is 544 g/mol. The van der Waals surface area contributed by atoms with Crippen molar-refractivity contribution in [3.63, 3.8) is 0 Å². The summed E-state index contributed by atoms with van der Waals surface area (Å²) in [6.07, 6.45) is -0.625. The summed E-state index contributed by atoms with van der Waals surface area (Å²) in [6, 6.07) is 12.1. The summed E-state index contributed by atoms with van der Waals surface area (Å²) in [6.45, 7) is 6.48. The van der Waals surface area contributed by atoms with E-state index in [0.29, 0.717) is 30.2 Å². The van der Waals surface area contributed by atoms with Crippen LogP contribution in [-0.2, 0) is 40.4 Å². The number of carbonyl (C=O) groups is 2. The average Bonchev–Trinajstić information content (AvgIpc) is 3.28. The van der Waals surface area contributed by atoms with Crippen LogP contribution in [0.15, 0.2) is 41.2 Å². The molecule has 3 heterocycles. The Bertz CT molecular complexity index is 1710. The minimum absolute atomic E-state index is 0.0726. The Kier molecular flexibility index (Phi) is 7.55. The molecule has 2 aromatic heterocycles. The SMILES string of the molecule is Cc1cc2n(c(=O)c1COC(=O)O)Cc1c-2nc2ccc3ccc(COCNC(=O)CN)cc3c2c1CC(C)C. The highest BCUT2D eigenvalue weighted by Crippen LogP contribution is 2.39. The van der Waals surface area contributed by atoms with Crippen molar-refractivity contribution in [2.24, 2.45) is 11.7 Å². The largest absolute Gasteiger partial charge is 0.506 e. The summed E-state index contributed by atoms with van der Waals surface area (Å²) >= 11 is 0. The molecule has 2 aromatic carbocycles. The van der Waals surface area contributed by atoms with Crippen molar-refractivity contribution < 1.29 is 24.2 Å². The van der Waals surface area contributed by atoms with Gasteiger partial charge >= 0.3 is 6.16 Å². The van der Waals surface area contributed by atoms with Crippen LogP contribution >= 0.6 is 0 Å². The zero-order chi connectivity index (χ0) is 28.6. The van der Waals surface area contributed by atoms with Crippen molar-refractivity contribution in [2.45, 2.75) is 47.0 Å². The maximum Gasteiger partial charge on any atom is 0.506 e. The van der Waals surface area contributed by atoms with Crippen molar-refractivity contribution in [1.29, 1.82) is 0 Å². The van der Waals surface area contributed by atoms with E-state index in [1.165, 1.54) is 0 Å². The van der Waals surface area contributed by atoms with Crippen LogP contribution in [0.5, 0.6) is 0 Å². The van der Waals surface area contributed by atoms with E-state index in [4.69, 9.17) is 25.3 Å². The fourth-order valence-electron chi connectivity index (χ4n) is 5.36. The molecule has 1 aliphatic rings. The number of nitrogens with zero attached hydrogens (tertiary/aromatic N) is 2. The molecule has 0 unspecified atom stereocenters. The van der Waals surface area contributed by atoms with E-state index in [1.807, 2.05) is 24.3 Å². The number of hydrogen-bond acceptors (Lipinski definition) is 7. The summed E-state index contributed by atoms with van der Waals surface area (Å²) in [7, 11) is 0. The molecule has 0 aliphatic carbocycles. The quantitative estimate of drug-likeness (QED) is 0.110. The van der Waals surface area contributed by atoms with Crippen LogP contribution in [0, 0.1) is 12.8 Å². The second-order valence-electron chi connectivity index (χ2n) is 10.5. The molecular formula is C30H32N4O6. The number of nitrogens with one attached hydrogen (secondary N) is 1. The minimum Gasteiger partial charge on any atom is -0.450 e. The number of aryl methyl sites for hydroxylation is 1. The lowest BCUT2D eigenvalue weighted by Gasteiger charge is -2.16. The highest BCUT2D eigenvalue weighted by molar-refractivity contribution is 6.09. The molecule has 5 rings (SSSR count). The van der Waals surface area contributed by atoms with Gasteiger partial charge in [0.15, 0.2) is 0 Å². The van der Waals surface area contributed by atoms with Gasteiger partial charge in [-0.25, -0.2) is 9.78 Å². The number of ether oxygens (including phenoxy) is 2. The normalized spacial score (nSPS) is 12.1. The van der Waals surface area contributed by atoms with Crippen molar-refractivity contribution in [3.8, 4) is 11.4 Å². The van der Waals surface area contributed by atoms with Gasteiger partial charge in [-0.1, -0.05) is 32.0 Å². The fourth-order valence-corrected chi connectivity index (χ4v) is 5.36. The molecule has 40 heavy (non-hydrogen) atoms. The minimum atomic E-state index is -1.42. The van der Waals surface area contributed by atoms with E-state index in [-0.39, 0.29) is 31.3 Å². The van der Waals surface area contributed by atoms with Gasteiger partial charge in [-0.2, -0.15) is 0 Å². The third-order valence-corrected chi connectivity index (χ3v) is 7.21. The molecule has 1 amide bonds. The van der Waals surface area contributed by atoms with E-state index in [0.717, 1.165) is 56.2 Å². The molecule has 0 bridgehead atoms. The molecule has 0 saturated heterocycles. The van der Waals surface area contributed by atoms with Crippen LogP contribution in [0.3, 0.4) is 0 Å². The van der Waals surface area contributed by atoms with Gasteiger partial charge in [0.25, 0.3) is 5.56 Å². The van der Waals surface area contributed by atoms with Gasteiger partial charge in [-0.3, -0.25) is 9.59 Å². The molecule has 1 aliphatic heterocycles. The Morgan fingerprint density at radius 2 is 1.93 bits per heavy atom. The summed E-state index contributed by atoms with van der Waals surface area (Å²) in [4.78, 5) is 40.9. The predicted molar refractivity (Wildman–Crippen MR) is 151 cm³/mol. The first-order valence-electron chi connectivity index (χ1n) is 13.2. The van der Waals surface area contributed by atoms with Gasteiger partial charge in [0.1, 0.15) is 13.3 Å². The number of carbonyl (C=O) groups excluding carboxylic acids is 1. The molecule has 0 fully saturated rings. The number of fused-ring (bicyclic) bond motifs is 6. The summed E-state index contributed by atoms with van der Waals surface area (Å²) in [5.74, 6) is 0.0731. The second kappa shape index (κ2) is 11.1. The summed E-state index contributed by atoms with van der Waals surface area (Å²) in [5, 5.41) is 14.7. The van der Waals surface area contributed by atoms with E-state index < -0.39 is 6.16 Å². The standard InChI is InChI=1S/C30H32N4O6/c1-16(2)8-21-22-12-34-25(9-17(3)23(29(34)36)14-40-30(37)38)28(22)33-24-7-6-19-5-4-18(10-20(19)27(21)24)13-39-15-32-26(35)11-31/h4-7,9-10,16H,8,11-15,31H2,1-3H3,(H,32,35)(H,37,38). The number of rotatable bonds is 9. The summed E-state index contributed by atoms with van der Waals surface area (Å²) in [5.41, 5.74) is 11.5. The van der Waals surface area contributed by atoms with Crippen LogP contribution in [0.25, 0.3) is 33.1 Å². The maximum absolute atomic E-state index is 13.4. The molecule has 10 heteroatoms. The van der Waals surface area contributed by atoms with Gasteiger partial charge in [0.2, 0.25) is 5.91 Å². The first kappa shape index (κ1) is 27.3. The lowest BCUT2D eigenvalue weighted by Crippen LogP contribution is -2.31. The Hall–Kier alpha value is -4.28. The Morgan fingerprint density at radius 1 is 1.15 bits per heavy atom. The first-order valence-corrected chi connectivity index (χ1v) is 13.2. The molecule has 0 atom stereocenters. The highest BCUT2D eigenvalue weighted by atomic mass is 16.7. The van der Waals surface area contributed by atoms with Crippen LogP contribution in [0.1, 0.15) is 41.7 Å². The first-order chi connectivity index (χ1) is 19.2. The van der Waals surface area contributed by atoms with Crippen LogP contribution in [0.2, 0.25) is 0 Å². The number of benzene rings is 2. The zero-order valence-electron chi connectivity index (χ0n) is 22.7. The van der Waals surface area contributed by atoms with E-state index in [2.05, 4.69) is 31.3 Å². The van der Waals surface area contributed by atoms with Gasteiger partial charge in [-0.15, -0.1) is 0 Å². The maximum atomic E-state index is 13.4. The molecule has 0 spiro atoms. The Morgan fingerprint density at radius 3 is 2.65 bits per heavy atom. The van der Waals surface area contributed by atoms with Gasteiger partial charge in [-0.05, 0) is 64.9 Å². The molecule has 4 aromatic rings. The van der Waals surface area contributed by atoms with E-state index >= 15 is 0 Å². The number of hydrogen-bond donors (Lipinski definition) is 3. The molecule has 4 N–H and O–H groups in total. The third kappa shape index (κ3) is 5.15. The number of pyridine rings is 2. The fraction of sp³-hybridized carbons (Fsp3) is 0.333. The summed E-state index contributed by atoms with van der Waals surface area (Å²) < 4.78 is 12.0. The molecular weight excluding hydrogens is 512 g/mol. The predicted octanol–water partition coefficient (Wildman–Crippen LogP) is 3.83. The molecule has 208 valence electrons.